The van der Waals surface area contributed by atoms with Gasteiger partial charge in [0.25, 0.3) is 0 Å². The number of aromatic nitrogens is 2. The van der Waals surface area contributed by atoms with E-state index in [1.165, 1.54) is 6.07 Å². The van der Waals surface area contributed by atoms with Gasteiger partial charge in [0.2, 0.25) is 0 Å². The molecule has 1 aliphatic rings. The number of benzene rings is 1. The van der Waals surface area contributed by atoms with Crippen LogP contribution in [0, 0.1) is 23.1 Å². The molecule has 1 aromatic carbocycles. The summed E-state index contributed by atoms with van der Waals surface area (Å²) in [5.74, 6) is 0.181. The van der Waals surface area contributed by atoms with Crippen LogP contribution in [0.15, 0.2) is 30.6 Å². The number of rotatable bonds is 5. The lowest BCUT2D eigenvalue weighted by molar-refractivity contribution is 0.111. The van der Waals surface area contributed by atoms with Gasteiger partial charge in [0.15, 0.2) is 0 Å². The van der Waals surface area contributed by atoms with Crippen LogP contribution in [0.2, 0.25) is 0 Å². The quantitative estimate of drug-likeness (QED) is 0.847. The largest absolute Gasteiger partial charge is 0.381 e. The molecule has 1 aromatic heterocycles. The molecular formula is C18H21FN4O. The Morgan fingerprint density at radius 1 is 1.42 bits per heavy atom. The Morgan fingerprint density at radius 3 is 2.88 bits per heavy atom. The molecule has 1 aliphatic heterocycles. The van der Waals surface area contributed by atoms with E-state index in [0.29, 0.717) is 31.0 Å². The van der Waals surface area contributed by atoms with Crippen LogP contribution in [0.3, 0.4) is 0 Å². The predicted octanol–water partition coefficient (Wildman–Crippen LogP) is 2.69. The molecule has 3 rings (SSSR count). The molecule has 2 aromatic rings. The first-order valence-corrected chi connectivity index (χ1v) is 8.13. The Morgan fingerprint density at radius 2 is 2.25 bits per heavy atom. The van der Waals surface area contributed by atoms with Gasteiger partial charge in [-0.3, -0.25) is 4.68 Å². The standard InChI is InChI=1S/C18H21FN4O/c1-3-24-12-15-10-23(11-16(15)14-8-21-22(2)9-14)18-5-4-13(7-20)6-17(18)19/h4-6,8-9,15-16H,3,10-12H2,1-2H3/t15-,16-/m0/s1. The maximum atomic E-state index is 14.4. The molecule has 126 valence electrons. The highest BCUT2D eigenvalue weighted by Crippen LogP contribution is 2.36. The third kappa shape index (κ3) is 3.26. The minimum absolute atomic E-state index is 0.250. The van der Waals surface area contributed by atoms with Crippen LogP contribution in [0.4, 0.5) is 10.1 Å². The van der Waals surface area contributed by atoms with Crippen LogP contribution in [0.25, 0.3) is 0 Å². The number of hydrogen-bond acceptors (Lipinski definition) is 4. The van der Waals surface area contributed by atoms with E-state index in [1.807, 2.05) is 37.3 Å². The number of halogens is 1. The zero-order chi connectivity index (χ0) is 17.1. The summed E-state index contributed by atoms with van der Waals surface area (Å²) in [6, 6.07) is 6.62. The lowest BCUT2D eigenvalue weighted by Gasteiger charge is -2.19. The molecule has 1 fully saturated rings. The zero-order valence-electron chi connectivity index (χ0n) is 13.9. The van der Waals surface area contributed by atoms with Crippen LogP contribution in [0.5, 0.6) is 0 Å². The Bertz CT molecular complexity index is 752. The molecule has 1 saturated heterocycles. The monoisotopic (exact) mass is 328 g/mol. The van der Waals surface area contributed by atoms with Gasteiger partial charge in [0.05, 0.1) is 30.1 Å². The highest BCUT2D eigenvalue weighted by atomic mass is 19.1. The van der Waals surface area contributed by atoms with Crippen molar-refractivity contribution in [1.82, 2.24) is 9.78 Å². The van der Waals surface area contributed by atoms with Crippen molar-refractivity contribution < 1.29 is 9.13 Å². The first-order chi connectivity index (χ1) is 11.6. The van der Waals surface area contributed by atoms with Gasteiger partial charge in [0, 0.05) is 44.8 Å². The SMILES string of the molecule is CCOC[C@@H]1CN(c2ccc(C#N)cc2F)C[C@H]1c1cnn(C)c1. The molecule has 5 nitrogen and oxygen atoms in total. The molecule has 0 saturated carbocycles. The predicted molar refractivity (Wildman–Crippen MR) is 89.3 cm³/mol. The maximum Gasteiger partial charge on any atom is 0.147 e. The van der Waals surface area contributed by atoms with Crippen molar-refractivity contribution in [3.8, 4) is 6.07 Å². The second-order valence-corrected chi connectivity index (χ2v) is 6.16. The molecule has 0 bridgehead atoms. The highest BCUT2D eigenvalue weighted by Gasteiger charge is 2.35. The van der Waals surface area contributed by atoms with E-state index in [4.69, 9.17) is 10.00 Å². The van der Waals surface area contributed by atoms with Gasteiger partial charge in [-0.15, -0.1) is 0 Å². The molecule has 24 heavy (non-hydrogen) atoms. The van der Waals surface area contributed by atoms with Gasteiger partial charge in [-0.2, -0.15) is 10.4 Å². The van der Waals surface area contributed by atoms with Crippen molar-refractivity contribution in [2.45, 2.75) is 12.8 Å². The Hall–Kier alpha value is -2.39. The molecular weight excluding hydrogens is 307 g/mol. The summed E-state index contributed by atoms with van der Waals surface area (Å²) in [6.45, 7) is 4.73. The molecule has 6 heteroatoms. The van der Waals surface area contributed by atoms with Crippen molar-refractivity contribution in [2.24, 2.45) is 13.0 Å². The third-order valence-electron chi connectivity index (χ3n) is 4.55. The molecule has 0 N–H and O–H groups in total. The van der Waals surface area contributed by atoms with E-state index >= 15 is 0 Å². The minimum Gasteiger partial charge on any atom is -0.381 e. The Labute approximate surface area is 141 Å². The summed E-state index contributed by atoms with van der Waals surface area (Å²) in [6.07, 6.45) is 3.89. The van der Waals surface area contributed by atoms with E-state index in [-0.39, 0.29) is 17.7 Å². The number of nitriles is 1. The summed E-state index contributed by atoms with van der Waals surface area (Å²) < 4.78 is 21.8. The summed E-state index contributed by atoms with van der Waals surface area (Å²) in [4.78, 5) is 2.04. The van der Waals surface area contributed by atoms with Crippen molar-refractivity contribution in [1.29, 1.82) is 5.26 Å². The van der Waals surface area contributed by atoms with Crippen molar-refractivity contribution in [3.63, 3.8) is 0 Å². The number of ether oxygens (including phenoxy) is 1. The van der Waals surface area contributed by atoms with Gasteiger partial charge in [0.1, 0.15) is 5.82 Å². The molecule has 2 heterocycles. The summed E-state index contributed by atoms with van der Waals surface area (Å²) >= 11 is 0. The minimum atomic E-state index is -0.351. The third-order valence-corrected chi connectivity index (χ3v) is 4.55. The lowest BCUT2D eigenvalue weighted by atomic mass is 9.92. The number of nitrogens with zero attached hydrogens (tertiary/aromatic N) is 4. The van der Waals surface area contributed by atoms with Crippen LogP contribution in [-0.2, 0) is 11.8 Å². The average molecular weight is 328 g/mol. The van der Waals surface area contributed by atoms with Crippen molar-refractivity contribution in [2.75, 3.05) is 31.2 Å². The lowest BCUT2D eigenvalue weighted by Crippen LogP contribution is -2.22. The molecule has 0 spiro atoms. The second kappa shape index (κ2) is 7.02. The van der Waals surface area contributed by atoms with Gasteiger partial charge < -0.3 is 9.64 Å². The molecule has 0 unspecified atom stereocenters. The fraction of sp³-hybridized carbons (Fsp3) is 0.444. The van der Waals surface area contributed by atoms with Crippen LogP contribution >= 0.6 is 0 Å². The summed E-state index contributed by atoms with van der Waals surface area (Å²) in [5, 5.41) is 13.2. The Kier molecular flexibility index (Phi) is 4.81. The fourth-order valence-electron chi connectivity index (χ4n) is 3.35. The van der Waals surface area contributed by atoms with Crippen LogP contribution in [0.1, 0.15) is 24.0 Å². The van der Waals surface area contributed by atoms with E-state index in [9.17, 15) is 4.39 Å². The van der Waals surface area contributed by atoms with Crippen LogP contribution in [-0.4, -0.2) is 36.1 Å². The molecule has 2 atom stereocenters. The normalized spacial score (nSPS) is 20.3. The van der Waals surface area contributed by atoms with Gasteiger partial charge >= 0.3 is 0 Å². The molecule has 0 aliphatic carbocycles. The smallest absolute Gasteiger partial charge is 0.147 e. The van der Waals surface area contributed by atoms with Gasteiger partial charge in [-0.25, -0.2) is 4.39 Å². The zero-order valence-corrected chi connectivity index (χ0v) is 13.9. The average Bonchev–Trinajstić information content (AvgIpc) is 3.18. The van der Waals surface area contributed by atoms with Crippen LogP contribution < -0.4 is 4.90 Å². The summed E-state index contributed by atoms with van der Waals surface area (Å²) in [5.41, 5.74) is 2.03. The molecule has 0 radical (unpaired) electrons. The number of aryl methyl sites for hydroxylation is 1. The van der Waals surface area contributed by atoms with E-state index in [2.05, 4.69) is 5.10 Å². The van der Waals surface area contributed by atoms with Gasteiger partial charge in [-0.1, -0.05) is 0 Å². The van der Waals surface area contributed by atoms with E-state index in [0.717, 1.165) is 12.1 Å². The van der Waals surface area contributed by atoms with Crippen molar-refractivity contribution in [3.05, 3.63) is 47.5 Å². The first kappa shape index (κ1) is 16.5. The van der Waals surface area contributed by atoms with Gasteiger partial charge in [-0.05, 0) is 30.7 Å². The first-order valence-electron chi connectivity index (χ1n) is 8.13. The van der Waals surface area contributed by atoms with E-state index < -0.39 is 0 Å². The topological polar surface area (TPSA) is 54.1 Å². The summed E-state index contributed by atoms with van der Waals surface area (Å²) in [7, 11) is 1.90. The maximum absolute atomic E-state index is 14.4. The second-order valence-electron chi connectivity index (χ2n) is 6.16. The van der Waals surface area contributed by atoms with Crippen molar-refractivity contribution >= 4 is 5.69 Å². The van der Waals surface area contributed by atoms with E-state index in [1.54, 1.807) is 16.8 Å². The number of hydrogen-bond donors (Lipinski definition) is 0. The molecule has 0 amide bonds. The number of anilines is 1. The highest BCUT2D eigenvalue weighted by molar-refractivity contribution is 5.53. The fourth-order valence-corrected chi connectivity index (χ4v) is 3.35. The Balaban J connectivity index is 1.85.